The molecule has 1 unspecified atom stereocenters. The Balaban J connectivity index is 2.68. The Morgan fingerprint density at radius 1 is 1.38 bits per heavy atom. The summed E-state index contributed by atoms with van der Waals surface area (Å²) < 4.78 is 37.2. The van der Waals surface area contributed by atoms with Crippen molar-refractivity contribution in [3.8, 4) is 0 Å². The summed E-state index contributed by atoms with van der Waals surface area (Å²) >= 11 is 0. The molecule has 0 bridgehead atoms. The number of nitrogens with one attached hydrogen (secondary N) is 1. The monoisotopic (exact) mass is 232 g/mol. The fourth-order valence-corrected chi connectivity index (χ4v) is 1.18. The predicted octanol–water partition coefficient (Wildman–Crippen LogP) is 2.71. The minimum Gasteiger partial charge on any atom is -0.385 e. The van der Waals surface area contributed by atoms with E-state index in [1.807, 2.05) is 6.92 Å². The third-order valence-corrected chi connectivity index (χ3v) is 2.25. The molecule has 0 aromatic heterocycles. The Morgan fingerprint density at radius 2 is 2.06 bits per heavy atom. The standard InChI is InChI=1S/C11H15F3N2/c1-8(6-15)7-16-10-4-2-3-9(5-10)11(12,13)14/h2-5,8,16H,6-7,15H2,1H3. The summed E-state index contributed by atoms with van der Waals surface area (Å²) in [5.74, 6) is 0.231. The average Bonchev–Trinajstić information content (AvgIpc) is 2.25. The summed E-state index contributed by atoms with van der Waals surface area (Å²) in [6, 6.07) is 5.15. The number of halogens is 3. The van der Waals surface area contributed by atoms with Crippen molar-refractivity contribution in [3.05, 3.63) is 29.8 Å². The molecule has 0 heterocycles. The largest absolute Gasteiger partial charge is 0.416 e. The number of nitrogens with two attached hydrogens (primary N) is 1. The van der Waals surface area contributed by atoms with Crippen molar-refractivity contribution in [2.24, 2.45) is 11.7 Å². The third-order valence-electron chi connectivity index (χ3n) is 2.25. The smallest absolute Gasteiger partial charge is 0.385 e. The summed E-state index contributed by atoms with van der Waals surface area (Å²) in [6.45, 7) is 3.00. The van der Waals surface area contributed by atoms with E-state index in [0.717, 1.165) is 12.1 Å². The third kappa shape index (κ3) is 3.73. The lowest BCUT2D eigenvalue weighted by Crippen LogP contribution is -2.19. The van der Waals surface area contributed by atoms with Crippen molar-refractivity contribution in [1.82, 2.24) is 0 Å². The van der Waals surface area contributed by atoms with Gasteiger partial charge < -0.3 is 11.1 Å². The van der Waals surface area contributed by atoms with Crippen molar-refractivity contribution in [3.63, 3.8) is 0 Å². The van der Waals surface area contributed by atoms with Crippen LogP contribution in [0.3, 0.4) is 0 Å². The first-order valence-corrected chi connectivity index (χ1v) is 5.04. The number of anilines is 1. The van der Waals surface area contributed by atoms with E-state index in [2.05, 4.69) is 5.32 Å². The lowest BCUT2D eigenvalue weighted by atomic mass is 10.1. The molecule has 0 fully saturated rings. The van der Waals surface area contributed by atoms with Crippen molar-refractivity contribution < 1.29 is 13.2 Å². The Kier molecular flexibility index (Phi) is 4.18. The molecule has 0 aliphatic heterocycles. The van der Waals surface area contributed by atoms with Gasteiger partial charge in [0, 0.05) is 12.2 Å². The van der Waals surface area contributed by atoms with E-state index in [1.165, 1.54) is 6.07 Å². The molecule has 1 aromatic carbocycles. The van der Waals surface area contributed by atoms with Gasteiger partial charge in [-0.05, 0) is 30.7 Å². The zero-order valence-corrected chi connectivity index (χ0v) is 9.01. The fraction of sp³-hybridized carbons (Fsp3) is 0.455. The molecular formula is C11H15F3N2. The van der Waals surface area contributed by atoms with Crippen LogP contribution in [0.1, 0.15) is 12.5 Å². The first-order chi connectivity index (χ1) is 7.43. The maximum Gasteiger partial charge on any atom is 0.416 e. The molecule has 1 aromatic rings. The molecule has 3 N–H and O–H groups in total. The second kappa shape index (κ2) is 5.21. The van der Waals surface area contributed by atoms with E-state index in [4.69, 9.17) is 5.73 Å². The van der Waals surface area contributed by atoms with E-state index >= 15 is 0 Å². The second-order valence-corrected chi connectivity index (χ2v) is 3.80. The van der Waals surface area contributed by atoms with Crippen LogP contribution >= 0.6 is 0 Å². The fourth-order valence-electron chi connectivity index (χ4n) is 1.18. The molecule has 0 aliphatic rings. The van der Waals surface area contributed by atoms with Crippen LogP contribution in [0.5, 0.6) is 0 Å². The predicted molar refractivity (Wildman–Crippen MR) is 58.2 cm³/mol. The van der Waals surface area contributed by atoms with Crippen LogP contribution in [0.2, 0.25) is 0 Å². The molecule has 0 amide bonds. The highest BCUT2D eigenvalue weighted by Crippen LogP contribution is 2.30. The quantitative estimate of drug-likeness (QED) is 0.837. The molecule has 1 atom stereocenters. The van der Waals surface area contributed by atoms with Crippen LogP contribution in [0, 0.1) is 5.92 Å². The first-order valence-electron chi connectivity index (χ1n) is 5.04. The molecule has 90 valence electrons. The molecule has 0 aliphatic carbocycles. The van der Waals surface area contributed by atoms with Crippen LogP contribution in [0.25, 0.3) is 0 Å². The highest BCUT2D eigenvalue weighted by atomic mass is 19.4. The maximum atomic E-state index is 12.4. The molecule has 1 rings (SSSR count). The number of hydrogen-bond donors (Lipinski definition) is 2. The van der Waals surface area contributed by atoms with Crippen molar-refractivity contribution >= 4 is 5.69 Å². The number of benzene rings is 1. The van der Waals surface area contributed by atoms with Gasteiger partial charge in [0.15, 0.2) is 0 Å². The van der Waals surface area contributed by atoms with Gasteiger partial charge in [-0.2, -0.15) is 13.2 Å². The van der Waals surface area contributed by atoms with Crippen molar-refractivity contribution in [1.29, 1.82) is 0 Å². The summed E-state index contributed by atoms with van der Waals surface area (Å²) in [5.41, 5.74) is 5.24. The lowest BCUT2D eigenvalue weighted by molar-refractivity contribution is -0.137. The zero-order valence-electron chi connectivity index (χ0n) is 9.01. The van der Waals surface area contributed by atoms with Crippen molar-refractivity contribution in [2.75, 3.05) is 18.4 Å². The van der Waals surface area contributed by atoms with E-state index in [-0.39, 0.29) is 5.92 Å². The molecule has 0 radical (unpaired) electrons. The summed E-state index contributed by atoms with van der Waals surface area (Å²) in [7, 11) is 0. The summed E-state index contributed by atoms with van der Waals surface area (Å²) in [6.07, 6.45) is -4.29. The minimum absolute atomic E-state index is 0.231. The highest BCUT2D eigenvalue weighted by Gasteiger charge is 2.30. The molecule has 0 spiro atoms. The molecule has 0 saturated heterocycles. The maximum absolute atomic E-state index is 12.4. The molecular weight excluding hydrogens is 217 g/mol. The van der Waals surface area contributed by atoms with E-state index in [1.54, 1.807) is 6.07 Å². The number of hydrogen-bond acceptors (Lipinski definition) is 2. The van der Waals surface area contributed by atoms with Gasteiger partial charge >= 0.3 is 6.18 Å². The average molecular weight is 232 g/mol. The van der Waals surface area contributed by atoms with Gasteiger partial charge in [0.2, 0.25) is 0 Å². The van der Waals surface area contributed by atoms with Gasteiger partial charge in [-0.1, -0.05) is 13.0 Å². The minimum atomic E-state index is -4.29. The van der Waals surface area contributed by atoms with E-state index in [9.17, 15) is 13.2 Å². The van der Waals surface area contributed by atoms with Gasteiger partial charge in [-0.3, -0.25) is 0 Å². The van der Waals surface area contributed by atoms with Crippen molar-refractivity contribution in [2.45, 2.75) is 13.1 Å². The van der Waals surface area contributed by atoms with Crippen LogP contribution in [0.4, 0.5) is 18.9 Å². The first kappa shape index (κ1) is 12.8. The topological polar surface area (TPSA) is 38.0 Å². The highest BCUT2D eigenvalue weighted by molar-refractivity contribution is 5.46. The van der Waals surface area contributed by atoms with Gasteiger partial charge in [-0.15, -0.1) is 0 Å². The van der Waals surface area contributed by atoms with Gasteiger partial charge in [0.05, 0.1) is 5.56 Å². The van der Waals surface area contributed by atoms with Crippen LogP contribution < -0.4 is 11.1 Å². The SMILES string of the molecule is CC(CN)CNc1cccc(C(F)(F)F)c1. The van der Waals surface area contributed by atoms with E-state index < -0.39 is 11.7 Å². The zero-order chi connectivity index (χ0) is 12.2. The Bertz CT molecular complexity index is 336. The van der Waals surface area contributed by atoms with Crippen LogP contribution in [-0.2, 0) is 6.18 Å². The number of rotatable bonds is 4. The Hall–Kier alpha value is -1.23. The summed E-state index contributed by atoms with van der Waals surface area (Å²) in [5, 5.41) is 2.93. The molecule has 16 heavy (non-hydrogen) atoms. The second-order valence-electron chi connectivity index (χ2n) is 3.80. The van der Waals surface area contributed by atoms with Gasteiger partial charge in [0.25, 0.3) is 0 Å². The normalized spacial score (nSPS) is 13.6. The van der Waals surface area contributed by atoms with Gasteiger partial charge in [-0.25, -0.2) is 0 Å². The van der Waals surface area contributed by atoms with Gasteiger partial charge in [0.1, 0.15) is 0 Å². The molecule has 0 saturated carbocycles. The van der Waals surface area contributed by atoms with Crippen LogP contribution in [-0.4, -0.2) is 13.1 Å². The summed E-state index contributed by atoms with van der Waals surface area (Å²) in [4.78, 5) is 0. The van der Waals surface area contributed by atoms with Crippen LogP contribution in [0.15, 0.2) is 24.3 Å². The lowest BCUT2D eigenvalue weighted by Gasteiger charge is -2.13. The Labute approximate surface area is 92.6 Å². The van der Waals surface area contributed by atoms with E-state index in [0.29, 0.717) is 18.8 Å². The number of alkyl halides is 3. The Morgan fingerprint density at radius 3 is 2.62 bits per heavy atom. The molecule has 2 nitrogen and oxygen atoms in total. The molecule has 5 heteroatoms.